The molecule has 1 aliphatic rings. The van der Waals surface area contributed by atoms with E-state index in [0.717, 1.165) is 25.7 Å². The van der Waals surface area contributed by atoms with Crippen LogP contribution in [0.15, 0.2) is 29.2 Å². The van der Waals surface area contributed by atoms with Crippen LogP contribution in [0.2, 0.25) is 0 Å². The zero-order valence-electron chi connectivity index (χ0n) is 12.0. The second-order valence-corrected chi connectivity index (χ2v) is 7.90. The number of hydrogen-bond acceptors (Lipinski definition) is 4. The number of para-hydroxylation sites is 1. The molecule has 1 unspecified atom stereocenters. The third kappa shape index (κ3) is 3.50. The molecule has 1 fully saturated rings. The molecule has 2 rings (SSSR count). The average molecular weight is 297 g/mol. The average Bonchev–Trinajstić information content (AvgIpc) is 2.37. The molecule has 112 valence electrons. The van der Waals surface area contributed by atoms with E-state index in [4.69, 9.17) is 5.84 Å². The van der Waals surface area contributed by atoms with Gasteiger partial charge in [0, 0.05) is 6.04 Å². The summed E-state index contributed by atoms with van der Waals surface area (Å²) in [5.74, 6) is 5.38. The predicted octanol–water partition coefficient (Wildman–Crippen LogP) is 2.22. The summed E-state index contributed by atoms with van der Waals surface area (Å²) in [7, 11) is -3.55. The van der Waals surface area contributed by atoms with Gasteiger partial charge in [0.1, 0.15) is 4.90 Å². The molecule has 0 aliphatic heterocycles. The molecule has 20 heavy (non-hydrogen) atoms. The Hall–Kier alpha value is -1.11. The first-order chi connectivity index (χ1) is 9.34. The lowest BCUT2D eigenvalue weighted by molar-refractivity contribution is 0.212. The van der Waals surface area contributed by atoms with E-state index in [9.17, 15) is 8.42 Å². The van der Waals surface area contributed by atoms with E-state index < -0.39 is 10.0 Å². The lowest BCUT2D eigenvalue weighted by Crippen LogP contribution is -2.40. The van der Waals surface area contributed by atoms with Gasteiger partial charge in [-0.1, -0.05) is 32.4 Å². The first-order valence-corrected chi connectivity index (χ1v) is 8.40. The fraction of sp³-hybridized carbons (Fsp3) is 0.571. The standard InChI is InChI=1S/C14H23N3O2S/c1-14(2)9-5-6-11(10-14)17-20(18,19)13-8-4-3-7-12(13)16-15/h3-4,7-8,11,16-17H,5-6,9-10,15H2,1-2H3. The summed E-state index contributed by atoms with van der Waals surface area (Å²) in [5.41, 5.74) is 3.04. The van der Waals surface area contributed by atoms with E-state index in [1.165, 1.54) is 0 Å². The van der Waals surface area contributed by atoms with Crippen molar-refractivity contribution in [2.75, 3.05) is 5.43 Å². The molecular formula is C14H23N3O2S. The van der Waals surface area contributed by atoms with Gasteiger partial charge in [0.05, 0.1) is 5.69 Å². The third-order valence-corrected chi connectivity index (χ3v) is 5.44. The highest BCUT2D eigenvalue weighted by atomic mass is 32.2. The van der Waals surface area contributed by atoms with Crippen LogP contribution in [0.5, 0.6) is 0 Å². The Balaban J connectivity index is 2.19. The SMILES string of the molecule is CC1(C)CCCC(NS(=O)(=O)c2ccccc2NN)C1. The fourth-order valence-corrected chi connectivity index (χ4v) is 4.34. The molecule has 0 spiro atoms. The molecule has 0 heterocycles. The molecule has 4 N–H and O–H groups in total. The highest BCUT2D eigenvalue weighted by Gasteiger charge is 2.31. The van der Waals surface area contributed by atoms with Crippen LogP contribution in [-0.2, 0) is 10.0 Å². The molecule has 1 atom stereocenters. The summed E-state index contributed by atoms with van der Waals surface area (Å²) < 4.78 is 27.8. The number of nitrogens with one attached hydrogen (secondary N) is 2. The van der Waals surface area contributed by atoms with Crippen molar-refractivity contribution >= 4 is 15.7 Å². The van der Waals surface area contributed by atoms with Crippen LogP contribution in [0.4, 0.5) is 5.69 Å². The van der Waals surface area contributed by atoms with Crippen LogP contribution in [0.25, 0.3) is 0 Å². The van der Waals surface area contributed by atoms with E-state index in [0.29, 0.717) is 5.69 Å². The largest absolute Gasteiger partial charge is 0.323 e. The summed E-state index contributed by atoms with van der Waals surface area (Å²) in [6.45, 7) is 4.37. The highest BCUT2D eigenvalue weighted by Crippen LogP contribution is 2.35. The molecular weight excluding hydrogens is 274 g/mol. The zero-order valence-corrected chi connectivity index (χ0v) is 12.8. The Morgan fingerprint density at radius 2 is 2.00 bits per heavy atom. The molecule has 0 saturated heterocycles. The van der Waals surface area contributed by atoms with Gasteiger partial charge < -0.3 is 5.43 Å². The summed E-state index contributed by atoms with van der Waals surface area (Å²) in [6.07, 6.45) is 3.95. The van der Waals surface area contributed by atoms with E-state index in [-0.39, 0.29) is 16.4 Å². The van der Waals surface area contributed by atoms with Crippen molar-refractivity contribution in [1.29, 1.82) is 0 Å². The van der Waals surface area contributed by atoms with Gasteiger partial charge in [-0.15, -0.1) is 0 Å². The van der Waals surface area contributed by atoms with Gasteiger partial charge in [0.2, 0.25) is 10.0 Å². The second-order valence-electron chi connectivity index (χ2n) is 6.22. The van der Waals surface area contributed by atoms with Crippen LogP contribution >= 0.6 is 0 Å². The van der Waals surface area contributed by atoms with Crippen LogP contribution < -0.4 is 16.0 Å². The minimum Gasteiger partial charge on any atom is -0.323 e. The molecule has 1 aromatic rings. The van der Waals surface area contributed by atoms with Crippen molar-refractivity contribution in [2.24, 2.45) is 11.3 Å². The predicted molar refractivity (Wildman–Crippen MR) is 80.6 cm³/mol. The molecule has 0 amide bonds. The van der Waals surface area contributed by atoms with Gasteiger partial charge in [-0.2, -0.15) is 0 Å². The van der Waals surface area contributed by atoms with Gasteiger partial charge in [-0.05, 0) is 36.8 Å². The van der Waals surface area contributed by atoms with Crippen LogP contribution in [0, 0.1) is 5.41 Å². The molecule has 5 nitrogen and oxygen atoms in total. The Morgan fingerprint density at radius 3 is 2.65 bits per heavy atom. The normalized spacial score (nSPS) is 22.4. The maximum Gasteiger partial charge on any atom is 0.242 e. The van der Waals surface area contributed by atoms with Gasteiger partial charge >= 0.3 is 0 Å². The summed E-state index contributed by atoms with van der Waals surface area (Å²) in [4.78, 5) is 0.200. The molecule has 1 saturated carbocycles. The first kappa shape index (κ1) is 15.3. The minimum absolute atomic E-state index is 0.00502. The number of hydrazine groups is 1. The van der Waals surface area contributed by atoms with Crippen LogP contribution in [-0.4, -0.2) is 14.5 Å². The van der Waals surface area contributed by atoms with Crippen molar-refractivity contribution in [2.45, 2.75) is 50.5 Å². The maximum absolute atomic E-state index is 12.5. The summed E-state index contributed by atoms with van der Waals surface area (Å²) >= 11 is 0. The van der Waals surface area contributed by atoms with Crippen molar-refractivity contribution in [3.05, 3.63) is 24.3 Å². The fourth-order valence-electron chi connectivity index (χ4n) is 2.90. The number of hydrogen-bond donors (Lipinski definition) is 3. The lowest BCUT2D eigenvalue weighted by Gasteiger charge is -2.35. The summed E-state index contributed by atoms with van der Waals surface area (Å²) in [6, 6.07) is 6.65. The molecule has 0 aromatic heterocycles. The van der Waals surface area contributed by atoms with E-state index in [2.05, 4.69) is 24.0 Å². The van der Waals surface area contributed by atoms with Crippen molar-refractivity contribution in [1.82, 2.24) is 4.72 Å². The van der Waals surface area contributed by atoms with E-state index >= 15 is 0 Å². The number of anilines is 1. The zero-order chi connectivity index (χ0) is 14.8. The minimum atomic E-state index is -3.55. The first-order valence-electron chi connectivity index (χ1n) is 6.92. The van der Waals surface area contributed by atoms with Gasteiger partial charge in [0.25, 0.3) is 0 Å². The number of nitrogens with two attached hydrogens (primary N) is 1. The Labute approximate surface area is 121 Å². The Morgan fingerprint density at radius 1 is 1.30 bits per heavy atom. The number of sulfonamides is 1. The van der Waals surface area contributed by atoms with Crippen molar-refractivity contribution in [3.63, 3.8) is 0 Å². The third-order valence-electron chi connectivity index (χ3n) is 3.86. The quantitative estimate of drug-likeness (QED) is 0.587. The molecule has 1 aromatic carbocycles. The number of nitrogen functional groups attached to an aromatic ring is 1. The topological polar surface area (TPSA) is 84.2 Å². The summed E-state index contributed by atoms with van der Waals surface area (Å²) in [5, 5.41) is 0. The molecule has 0 radical (unpaired) electrons. The second kappa shape index (κ2) is 5.71. The van der Waals surface area contributed by atoms with Crippen LogP contribution in [0.3, 0.4) is 0 Å². The van der Waals surface area contributed by atoms with Crippen molar-refractivity contribution in [3.8, 4) is 0 Å². The van der Waals surface area contributed by atoms with Gasteiger partial charge in [-0.25, -0.2) is 13.1 Å². The van der Waals surface area contributed by atoms with Crippen LogP contribution in [0.1, 0.15) is 39.5 Å². The van der Waals surface area contributed by atoms with Gasteiger partial charge in [-0.3, -0.25) is 5.84 Å². The molecule has 6 heteroatoms. The van der Waals surface area contributed by atoms with E-state index in [1.807, 2.05) is 0 Å². The lowest BCUT2D eigenvalue weighted by atomic mass is 9.75. The smallest absolute Gasteiger partial charge is 0.242 e. The van der Waals surface area contributed by atoms with Gasteiger partial charge in [0.15, 0.2) is 0 Å². The molecule has 0 bridgehead atoms. The monoisotopic (exact) mass is 297 g/mol. The maximum atomic E-state index is 12.5. The van der Waals surface area contributed by atoms with E-state index in [1.54, 1.807) is 24.3 Å². The highest BCUT2D eigenvalue weighted by molar-refractivity contribution is 7.89. The molecule has 1 aliphatic carbocycles. The van der Waals surface area contributed by atoms with Crippen molar-refractivity contribution < 1.29 is 8.42 Å². The number of rotatable bonds is 4. The Bertz CT molecular complexity index is 570. The Kier molecular flexibility index (Phi) is 4.36. The number of benzene rings is 1.